The largest absolute Gasteiger partial charge is 0.416 e. The predicted molar refractivity (Wildman–Crippen MR) is 94.6 cm³/mol. The number of carbonyl (C=O) groups excluding carboxylic acids is 1. The summed E-state index contributed by atoms with van der Waals surface area (Å²) in [7, 11) is 0. The first-order chi connectivity index (χ1) is 12.9. The Balaban J connectivity index is 1.58. The van der Waals surface area contributed by atoms with E-state index in [0.29, 0.717) is 18.6 Å². The van der Waals surface area contributed by atoms with E-state index >= 15 is 0 Å². The molecular formula is C19H17F3N4O. The van der Waals surface area contributed by atoms with Crippen LogP contribution in [0, 0.1) is 5.92 Å². The van der Waals surface area contributed by atoms with Crippen LogP contribution in [-0.2, 0) is 6.18 Å². The molecule has 5 nitrogen and oxygen atoms in total. The number of halogens is 3. The predicted octanol–water partition coefficient (Wildman–Crippen LogP) is 4.08. The fourth-order valence-electron chi connectivity index (χ4n) is 3.58. The van der Waals surface area contributed by atoms with E-state index < -0.39 is 11.7 Å². The number of aromatic nitrogens is 3. The number of rotatable bonds is 3. The van der Waals surface area contributed by atoms with Gasteiger partial charge in [0.25, 0.3) is 0 Å². The summed E-state index contributed by atoms with van der Waals surface area (Å²) in [5, 5.41) is 0.865. The Kier molecular flexibility index (Phi) is 4.33. The number of H-pyrrole nitrogens is 1. The van der Waals surface area contributed by atoms with Gasteiger partial charge >= 0.3 is 6.18 Å². The molecule has 0 spiro atoms. The van der Waals surface area contributed by atoms with Crippen LogP contribution in [0.15, 0.2) is 42.9 Å². The van der Waals surface area contributed by atoms with Gasteiger partial charge in [-0.05, 0) is 31.0 Å². The lowest BCUT2D eigenvalue weighted by Crippen LogP contribution is -2.39. The molecule has 1 aliphatic rings. The maximum atomic E-state index is 12.9. The lowest BCUT2D eigenvalue weighted by atomic mass is 9.89. The molecule has 0 unspecified atom stereocenters. The highest BCUT2D eigenvalue weighted by atomic mass is 19.4. The number of hydrogen-bond acceptors (Lipinski definition) is 4. The number of aromatic amines is 1. The summed E-state index contributed by atoms with van der Waals surface area (Å²) in [5.41, 5.74) is 0.0170. The van der Waals surface area contributed by atoms with Gasteiger partial charge in [-0.1, -0.05) is 12.1 Å². The molecule has 0 radical (unpaired) electrons. The van der Waals surface area contributed by atoms with Crippen LogP contribution < -0.4 is 4.90 Å². The summed E-state index contributed by atoms with van der Waals surface area (Å²) in [6.45, 7) is 1.16. The second kappa shape index (κ2) is 6.68. The molecule has 3 aromatic rings. The number of piperidine rings is 1. The van der Waals surface area contributed by atoms with E-state index in [4.69, 9.17) is 0 Å². The van der Waals surface area contributed by atoms with E-state index in [1.165, 1.54) is 18.5 Å². The molecule has 1 N–H and O–H groups in total. The third-order valence-electron chi connectivity index (χ3n) is 4.90. The Hall–Kier alpha value is -2.90. The Bertz CT molecular complexity index is 982. The molecule has 1 saturated heterocycles. The molecule has 1 atom stereocenters. The molecule has 2 aromatic heterocycles. The second-order valence-corrected chi connectivity index (χ2v) is 6.67. The molecule has 4 rings (SSSR count). The van der Waals surface area contributed by atoms with Crippen LogP contribution in [0.25, 0.3) is 11.0 Å². The minimum absolute atomic E-state index is 0.103. The van der Waals surface area contributed by atoms with Crippen LogP contribution in [0.1, 0.15) is 28.8 Å². The average Bonchev–Trinajstić information content (AvgIpc) is 3.16. The number of nitrogens with zero attached hydrogens (tertiary/aromatic N) is 3. The van der Waals surface area contributed by atoms with E-state index in [-0.39, 0.29) is 17.3 Å². The van der Waals surface area contributed by atoms with Crippen molar-refractivity contribution >= 4 is 22.6 Å². The summed E-state index contributed by atoms with van der Waals surface area (Å²) in [6.07, 6.45) is 0.193. The summed E-state index contributed by atoms with van der Waals surface area (Å²) >= 11 is 0. The van der Waals surface area contributed by atoms with Crippen molar-refractivity contribution < 1.29 is 18.0 Å². The van der Waals surface area contributed by atoms with E-state index in [1.807, 2.05) is 11.0 Å². The molecule has 1 fully saturated rings. The van der Waals surface area contributed by atoms with Crippen molar-refractivity contribution in [3.8, 4) is 0 Å². The second-order valence-electron chi connectivity index (χ2n) is 6.67. The SMILES string of the molecule is O=C(c1cccc(C(F)(F)F)c1)[C@@H]1CCCN(c2ncnc3[nH]ccc23)C1. The molecule has 3 heterocycles. The minimum Gasteiger partial charge on any atom is -0.355 e. The Labute approximate surface area is 153 Å². The highest BCUT2D eigenvalue weighted by molar-refractivity contribution is 5.98. The molecule has 0 amide bonds. The van der Waals surface area contributed by atoms with Crippen molar-refractivity contribution in [3.63, 3.8) is 0 Å². The maximum absolute atomic E-state index is 12.9. The molecule has 1 aliphatic heterocycles. The van der Waals surface area contributed by atoms with Crippen molar-refractivity contribution in [2.45, 2.75) is 19.0 Å². The Morgan fingerprint density at radius 1 is 1.22 bits per heavy atom. The quantitative estimate of drug-likeness (QED) is 0.702. The van der Waals surface area contributed by atoms with Crippen molar-refractivity contribution in [3.05, 3.63) is 54.0 Å². The number of ketones is 1. The third kappa shape index (κ3) is 3.39. The van der Waals surface area contributed by atoms with Crippen LogP contribution in [-0.4, -0.2) is 33.8 Å². The van der Waals surface area contributed by atoms with Gasteiger partial charge in [0.1, 0.15) is 17.8 Å². The smallest absolute Gasteiger partial charge is 0.355 e. The summed E-state index contributed by atoms with van der Waals surface area (Å²) in [5.74, 6) is 0.110. The monoisotopic (exact) mass is 374 g/mol. The number of carbonyl (C=O) groups is 1. The summed E-state index contributed by atoms with van der Waals surface area (Å²) in [4.78, 5) is 26.4. The number of benzene rings is 1. The summed E-state index contributed by atoms with van der Waals surface area (Å²) < 4.78 is 38.8. The number of alkyl halides is 3. The fourth-order valence-corrected chi connectivity index (χ4v) is 3.58. The fraction of sp³-hybridized carbons (Fsp3) is 0.316. The molecular weight excluding hydrogens is 357 g/mol. The average molecular weight is 374 g/mol. The molecule has 0 aliphatic carbocycles. The van der Waals surface area contributed by atoms with Crippen molar-refractivity contribution in [2.24, 2.45) is 5.92 Å². The Morgan fingerprint density at radius 3 is 2.89 bits per heavy atom. The standard InChI is InChI=1S/C19H17F3N4O/c20-19(21,22)14-5-1-3-12(9-14)16(27)13-4-2-8-26(10-13)18-15-6-7-23-17(15)24-11-25-18/h1,3,5-7,9,11,13H,2,4,8,10H2,(H,23,24,25)/t13-/m1/s1. The molecule has 0 bridgehead atoms. The maximum Gasteiger partial charge on any atom is 0.416 e. The zero-order valence-corrected chi connectivity index (χ0v) is 14.3. The van der Waals surface area contributed by atoms with E-state index in [0.717, 1.165) is 36.3 Å². The molecule has 1 aromatic carbocycles. The lowest BCUT2D eigenvalue weighted by Gasteiger charge is -2.33. The number of hydrogen-bond donors (Lipinski definition) is 1. The van der Waals surface area contributed by atoms with Crippen molar-refractivity contribution in [1.29, 1.82) is 0 Å². The van der Waals surface area contributed by atoms with Crippen LogP contribution in [0.4, 0.5) is 19.0 Å². The number of Topliss-reactive ketones (excluding diaryl/α,β-unsaturated/α-hetero) is 1. The first-order valence-electron chi connectivity index (χ1n) is 8.68. The molecule has 0 saturated carbocycles. The van der Waals surface area contributed by atoms with Gasteiger partial charge < -0.3 is 9.88 Å². The van der Waals surface area contributed by atoms with Gasteiger partial charge in [0.2, 0.25) is 0 Å². The van der Waals surface area contributed by atoms with Gasteiger partial charge in [-0.25, -0.2) is 9.97 Å². The zero-order chi connectivity index (χ0) is 19.0. The van der Waals surface area contributed by atoms with Crippen LogP contribution in [0.5, 0.6) is 0 Å². The number of anilines is 1. The van der Waals surface area contributed by atoms with Gasteiger partial charge in [-0.15, -0.1) is 0 Å². The minimum atomic E-state index is -4.46. The Morgan fingerprint density at radius 2 is 2.07 bits per heavy atom. The first kappa shape index (κ1) is 17.5. The highest BCUT2D eigenvalue weighted by Gasteiger charge is 2.33. The van der Waals surface area contributed by atoms with E-state index in [1.54, 1.807) is 6.20 Å². The molecule has 140 valence electrons. The van der Waals surface area contributed by atoms with Crippen LogP contribution in [0.2, 0.25) is 0 Å². The molecule has 27 heavy (non-hydrogen) atoms. The first-order valence-corrected chi connectivity index (χ1v) is 8.68. The summed E-state index contributed by atoms with van der Waals surface area (Å²) in [6, 6.07) is 6.53. The van der Waals surface area contributed by atoms with E-state index in [9.17, 15) is 18.0 Å². The van der Waals surface area contributed by atoms with Gasteiger partial charge in [0.15, 0.2) is 5.78 Å². The molecule has 8 heteroatoms. The van der Waals surface area contributed by atoms with Gasteiger partial charge in [0.05, 0.1) is 10.9 Å². The highest BCUT2D eigenvalue weighted by Crippen LogP contribution is 2.32. The lowest BCUT2D eigenvalue weighted by molar-refractivity contribution is -0.137. The van der Waals surface area contributed by atoms with Crippen LogP contribution in [0.3, 0.4) is 0 Å². The van der Waals surface area contributed by atoms with Crippen molar-refractivity contribution in [2.75, 3.05) is 18.0 Å². The zero-order valence-electron chi connectivity index (χ0n) is 14.3. The van der Waals surface area contributed by atoms with Crippen molar-refractivity contribution in [1.82, 2.24) is 15.0 Å². The van der Waals surface area contributed by atoms with Gasteiger partial charge in [-0.2, -0.15) is 13.2 Å². The normalized spacial score (nSPS) is 18.0. The number of nitrogens with one attached hydrogen (secondary N) is 1. The number of fused-ring (bicyclic) bond motifs is 1. The van der Waals surface area contributed by atoms with Gasteiger partial charge in [-0.3, -0.25) is 4.79 Å². The van der Waals surface area contributed by atoms with Crippen LogP contribution >= 0.6 is 0 Å². The third-order valence-corrected chi connectivity index (χ3v) is 4.90. The topological polar surface area (TPSA) is 61.9 Å². The van der Waals surface area contributed by atoms with Gasteiger partial charge in [0, 0.05) is 30.8 Å². The van der Waals surface area contributed by atoms with E-state index in [2.05, 4.69) is 15.0 Å².